The third kappa shape index (κ3) is 3.70. The highest BCUT2D eigenvalue weighted by Gasteiger charge is 2.34. The average Bonchev–Trinajstić information content (AvgIpc) is 2.93. The van der Waals surface area contributed by atoms with Crippen molar-refractivity contribution >= 4 is 17.4 Å². The molecule has 1 aromatic heterocycles. The van der Waals surface area contributed by atoms with Gasteiger partial charge in [-0.1, -0.05) is 0 Å². The summed E-state index contributed by atoms with van der Waals surface area (Å²) < 4.78 is 5.54. The molecule has 1 aliphatic heterocycles. The van der Waals surface area contributed by atoms with E-state index in [9.17, 15) is 4.79 Å². The first-order chi connectivity index (χ1) is 9.83. The van der Waals surface area contributed by atoms with Crippen molar-refractivity contribution in [2.75, 3.05) is 13.2 Å². The molecule has 1 saturated carbocycles. The minimum Gasteiger partial charge on any atom is -0.378 e. The Hall–Kier alpha value is -1.14. The van der Waals surface area contributed by atoms with Gasteiger partial charge in [-0.15, -0.1) is 11.3 Å². The van der Waals surface area contributed by atoms with Crippen LogP contribution >= 0.6 is 11.3 Å². The topological polar surface area (TPSA) is 63.2 Å². The van der Waals surface area contributed by atoms with E-state index in [-0.39, 0.29) is 12.1 Å². The zero-order valence-electron chi connectivity index (χ0n) is 11.5. The molecule has 110 valence electrons. The van der Waals surface area contributed by atoms with E-state index in [2.05, 4.69) is 15.6 Å². The van der Waals surface area contributed by atoms with Crippen LogP contribution in [0.25, 0.3) is 0 Å². The van der Waals surface area contributed by atoms with E-state index in [0.717, 1.165) is 30.9 Å². The molecule has 2 heterocycles. The third-order valence-electron chi connectivity index (χ3n) is 3.87. The van der Waals surface area contributed by atoms with Crippen molar-refractivity contribution in [3.8, 4) is 0 Å². The zero-order chi connectivity index (χ0) is 13.8. The average molecular weight is 295 g/mol. The summed E-state index contributed by atoms with van der Waals surface area (Å²) in [5, 5.41) is 8.97. The maximum atomic E-state index is 12.0. The summed E-state index contributed by atoms with van der Waals surface area (Å²) in [5.41, 5.74) is 0. The van der Waals surface area contributed by atoms with Gasteiger partial charge in [0.15, 0.2) is 0 Å². The van der Waals surface area contributed by atoms with Crippen molar-refractivity contribution in [3.05, 3.63) is 16.6 Å². The first-order valence-corrected chi connectivity index (χ1v) is 8.26. The Kier molecular flexibility index (Phi) is 4.52. The Morgan fingerprint density at radius 3 is 3.05 bits per heavy atom. The Morgan fingerprint density at radius 2 is 2.40 bits per heavy atom. The lowest BCUT2D eigenvalue weighted by Gasteiger charge is -2.17. The van der Waals surface area contributed by atoms with Crippen LogP contribution in [0.15, 0.2) is 11.6 Å². The van der Waals surface area contributed by atoms with E-state index >= 15 is 0 Å². The van der Waals surface area contributed by atoms with E-state index < -0.39 is 0 Å². The maximum Gasteiger partial charge on any atom is 0.315 e. The molecule has 5 nitrogen and oxygen atoms in total. The molecule has 2 atom stereocenters. The molecule has 0 aromatic carbocycles. The molecular weight excluding hydrogens is 274 g/mol. The molecule has 2 aliphatic rings. The molecule has 6 heteroatoms. The molecule has 3 rings (SSSR count). The predicted octanol–water partition coefficient (Wildman–Crippen LogP) is 2.46. The number of thiazole rings is 1. The van der Waals surface area contributed by atoms with Crippen LogP contribution in [0, 0.1) is 5.92 Å². The van der Waals surface area contributed by atoms with Gasteiger partial charge in [0.05, 0.1) is 12.1 Å². The number of carbonyl (C=O) groups excluding carboxylic acids is 1. The minimum atomic E-state index is -0.0879. The van der Waals surface area contributed by atoms with E-state index in [1.54, 1.807) is 17.5 Å². The van der Waals surface area contributed by atoms with Gasteiger partial charge in [0.25, 0.3) is 0 Å². The first kappa shape index (κ1) is 13.8. The monoisotopic (exact) mass is 295 g/mol. The highest BCUT2D eigenvalue weighted by molar-refractivity contribution is 7.09. The van der Waals surface area contributed by atoms with Gasteiger partial charge in [0.2, 0.25) is 0 Å². The number of aromatic nitrogens is 1. The number of ether oxygens (including phenoxy) is 1. The summed E-state index contributed by atoms with van der Waals surface area (Å²) in [4.78, 5) is 16.3. The zero-order valence-corrected chi connectivity index (χ0v) is 12.3. The van der Waals surface area contributed by atoms with Crippen LogP contribution in [0.4, 0.5) is 4.79 Å². The SMILES string of the molecule is O=C(NCC[C@H]1CCCO1)N[C@H](c1nccs1)C1CC1. The summed E-state index contributed by atoms with van der Waals surface area (Å²) in [5.74, 6) is 0.560. The molecule has 1 aliphatic carbocycles. The first-order valence-electron chi connectivity index (χ1n) is 7.38. The minimum absolute atomic E-state index is 0.0812. The van der Waals surface area contributed by atoms with Crippen molar-refractivity contribution in [3.63, 3.8) is 0 Å². The van der Waals surface area contributed by atoms with Crippen molar-refractivity contribution in [2.24, 2.45) is 5.92 Å². The maximum absolute atomic E-state index is 12.0. The van der Waals surface area contributed by atoms with Crippen molar-refractivity contribution in [1.82, 2.24) is 15.6 Å². The van der Waals surface area contributed by atoms with Gasteiger partial charge in [-0.05, 0) is 38.0 Å². The third-order valence-corrected chi connectivity index (χ3v) is 4.73. The van der Waals surface area contributed by atoms with Crippen LogP contribution in [0.2, 0.25) is 0 Å². The highest BCUT2D eigenvalue weighted by atomic mass is 32.1. The fraction of sp³-hybridized carbons (Fsp3) is 0.714. The number of hydrogen-bond donors (Lipinski definition) is 2. The molecule has 1 aromatic rings. The number of nitrogens with one attached hydrogen (secondary N) is 2. The number of nitrogens with zero attached hydrogens (tertiary/aromatic N) is 1. The summed E-state index contributed by atoms with van der Waals surface area (Å²) in [6.07, 6.45) is 7.65. The molecule has 2 fully saturated rings. The van der Waals surface area contributed by atoms with Gasteiger partial charge in [-0.2, -0.15) is 0 Å². The smallest absolute Gasteiger partial charge is 0.315 e. The van der Waals surface area contributed by atoms with Crippen molar-refractivity contribution in [1.29, 1.82) is 0 Å². The molecular formula is C14H21N3O2S. The summed E-state index contributed by atoms with van der Waals surface area (Å²) in [7, 11) is 0. The summed E-state index contributed by atoms with van der Waals surface area (Å²) >= 11 is 1.61. The van der Waals surface area contributed by atoms with Gasteiger partial charge >= 0.3 is 6.03 Å². The van der Waals surface area contributed by atoms with Gasteiger partial charge in [-0.3, -0.25) is 0 Å². The lowest BCUT2D eigenvalue weighted by atomic mass is 10.2. The quantitative estimate of drug-likeness (QED) is 0.847. The fourth-order valence-corrected chi connectivity index (χ4v) is 3.39. The second-order valence-corrected chi connectivity index (χ2v) is 6.44. The fourth-order valence-electron chi connectivity index (χ4n) is 2.61. The number of hydrogen-bond acceptors (Lipinski definition) is 4. The Morgan fingerprint density at radius 1 is 1.50 bits per heavy atom. The van der Waals surface area contributed by atoms with E-state index in [1.807, 2.05) is 5.38 Å². The number of rotatable bonds is 6. The van der Waals surface area contributed by atoms with Gasteiger partial charge in [0.1, 0.15) is 5.01 Å². The standard InChI is InChI=1S/C14H21N3O2S/c18-14(16-6-5-11-2-1-8-19-11)17-12(10-3-4-10)13-15-7-9-20-13/h7,9-12H,1-6,8H2,(H2,16,17,18)/t11-,12+/m1/s1. The number of carbonyl (C=O) groups is 1. The Balaban J connectivity index is 1.42. The van der Waals surface area contributed by atoms with Crippen LogP contribution < -0.4 is 10.6 Å². The molecule has 0 unspecified atom stereocenters. The van der Waals surface area contributed by atoms with Crippen molar-refractivity contribution < 1.29 is 9.53 Å². The summed E-state index contributed by atoms with van der Waals surface area (Å²) in [6, 6.07) is -0.00664. The van der Waals surface area contributed by atoms with Crippen LogP contribution in [0.1, 0.15) is 43.2 Å². The lowest BCUT2D eigenvalue weighted by Crippen LogP contribution is -2.39. The highest BCUT2D eigenvalue weighted by Crippen LogP contribution is 2.41. The second kappa shape index (κ2) is 6.54. The molecule has 0 radical (unpaired) electrons. The normalized spacial score (nSPS) is 23.5. The van der Waals surface area contributed by atoms with Crippen LogP contribution in [0.5, 0.6) is 0 Å². The largest absolute Gasteiger partial charge is 0.378 e. The molecule has 2 N–H and O–H groups in total. The Labute approximate surface area is 123 Å². The molecule has 1 saturated heterocycles. The van der Waals surface area contributed by atoms with E-state index in [4.69, 9.17) is 4.74 Å². The Bertz CT molecular complexity index is 428. The number of urea groups is 1. The molecule has 20 heavy (non-hydrogen) atoms. The number of amides is 2. The van der Waals surface area contributed by atoms with Crippen LogP contribution in [0.3, 0.4) is 0 Å². The molecule has 2 amide bonds. The lowest BCUT2D eigenvalue weighted by molar-refractivity contribution is 0.104. The van der Waals surface area contributed by atoms with Crippen LogP contribution in [-0.2, 0) is 4.74 Å². The van der Waals surface area contributed by atoms with Gasteiger partial charge in [-0.25, -0.2) is 9.78 Å². The van der Waals surface area contributed by atoms with Gasteiger partial charge in [0, 0.05) is 24.7 Å². The molecule has 0 spiro atoms. The van der Waals surface area contributed by atoms with E-state index in [0.29, 0.717) is 18.6 Å². The van der Waals surface area contributed by atoms with E-state index in [1.165, 1.54) is 12.8 Å². The van der Waals surface area contributed by atoms with Crippen molar-refractivity contribution in [2.45, 2.75) is 44.2 Å². The second-order valence-electron chi connectivity index (χ2n) is 5.51. The predicted molar refractivity (Wildman–Crippen MR) is 77.7 cm³/mol. The van der Waals surface area contributed by atoms with Gasteiger partial charge < -0.3 is 15.4 Å². The molecule has 0 bridgehead atoms. The van der Waals surface area contributed by atoms with Crippen LogP contribution in [-0.4, -0.2) is 30.3 Å². The summed E-state index contributed by atoms with van der Waals surface area (Å²) in [6.45, 7) is 1.54.